The maximum absolute atomic E-state index is 12.7. The molecule has 8 heteroatoms. The number of hydrogen-bond donors (Lipinski definition) is 2. The van der Waals surface area contributed by atoms with Gasteiger partial charge in [-0.05, 0) is 30.5 Å². The molecule has 28 heavy (non-hydrogen) atoms. The van der Waals surface area contributed by atoms with Gasteiger partial charge in [0, 0.05) is 19.1 Å². The van der Waals surface area contributed by atoms with Gasteiger partial charge in [0.15, 0.2) is 0 Å². The Kier molecular flexibility index (Phi) is 5.15. The van der Waals surface area contributed by atoms with Crippen molar-refractivity contribution < 1.29 is 8.42 Å². The van der Waals surface area contributed by atoms with Crippen molar-refractivity contribution in [1.29, 1.82) is 0 Å². The molecular formula is C20H22N4O3S. The number of benzene rings is 2. The Balaban J connectivity index is 1.40. The summed E-state index contributed by atoms with van der Waals surface area (Å²) < 4.78 is 26.9. The molecule has 2 aromatic carbocycles. The summed E-state index contributed by atoms with van der Waals surface area (Å²) in [7, 11) is -3.34. The lowest BCUT2D eigenvalue weighted by Gasteiger charge is -2.31. The molecule has 0 bridgehead atoms. The molecule has 146 valence electrons. The molecule has 1 aromatic heterocycles. The molecule has 3 aromatic rings. The standard InChI is InChI=1S/C20H22N4O3S/c25-19-17-8-4-5-9-18(17)22-20(23-19)21-16-10-12-24(13-11-16)28(26,27)14-15-6-2-1-3-7-15/h1-9,16H,10-14H2,(H2,21,22,23,25). The van der Waals surface area contributed by atoms with Crippen molar-refractivity contribution in [1.82, 2.24) is 14.3 Å². The number of H-pyrrole nitrogens is 1. The van der Waals surface area contributed by atoms with E-state index in [4.69, 9.17) is 0 Å². The van der Waals surface area contributed by atoms with Crippen LogP contribution in [0.1, 0.15) is 18.4 Å². The van der Waals surface area contributed by atoms with E-state index in [0.717, 1.165) is 5.56 Å². The largest absolute Gasteiger partial charge is 0.353 e. The lowest BCUT2D eigenvalue weighted by atomic mass is 10.1. The monoisotopic (exact) mass is 398 g/mol. The first kappa shape index (κ1) is 18.6. The van der Waals surface area contributed by atoms with E-state index >= 15 is 0 Å². The first-order valence-electron chi connectivity index (χ1n) is 9.29. The van der Waals surface area contributed by atoms with Crippen LogP contribution in [0.4, 0.5) is 5.95 Å². The average Bonchev–Trinajstić information content (AvgIpc) is 2.69. The highest BCUT2D eigenvalue weighted by Gasteiger charge is 2.28. The van der Waals surface area contributed by atoms with Crippen LogP contribution in [-0.4, -0.2) is 41.8 Å². The van der Waals surface area contributed by atoms with Crippen LogP contribution in [0.2, 0.25) is 0 Å². The fourth-order valence-corrected chi connectivity index (χ4v) is 5.07. The fourth-order valence-electron chi connectivity index (χ4n) is 3.50. The van der Waals surface area contributed by atoms with Crippen molar-refractivity contribution in [2.45, 2.75) is 24.6 Å². The van der Waals surface area contributed by atoms with Crippen LogP contribution < -0.4 is 10.9 Å². The molecule has 2 N–H and O–H groups in total. The molecule has 1 fully saturated rings. The van der Waals surface area contributed by atoms with Crippen LogP contribution in [-0.2, 0) is 15.8 Å². The van der Waals surface area contributed by atoms with E-state index in [-0.39, 0.29) is 17.4 Å². The molecule has 1 aliphatic heterocycles. The third-order valence-electron chi connectivity index (χ3n) is 4.99. The molecule has 1 aliphatic rings. The van der Waals surface area contributed by atoms with Crippen molar-refractivity contribution in [2.75, 3.05) is 18.4 Å². The Hall–Kier alpha value is -2.71. The van der Waals surface area contributed by atoms with Gasteiger partial charge in [0.25, 0.3) is 5.56 Å². The summed E-state index contributed by atoms with van der Waals surface area (Å²) in [6.07, 6.45) is 1.31. The smallest absolute Gasteiger partial charge is 0.260 e. The van der Waals surface area contributed by atoms with Crippen LogP contribution in [0.3, 0.4) is 0 Å². The summed E-state index contributed by atoms with van der Waals surface area (Å²) in [4.78, 5) is 19.4. The highest BCUT2D eigenvalue weighted by molar-refractivity contribution is 7.88. The van der Waals surface area contributed by atoms with E-state index < -0.39 is 10.0 Å². The zero-order valence-corrected chi connectivity index (χ0v) is 16.2. The molecule has 0 saturated carbocycles. The third-order valence-corrected chi connectivity index (χ3v) is 6.84. The quantitative estimate of drug-likeness (QED) is 0.688. The van der Waals surface area contributed by atoms with E-state index in [1.165, 1.54) is 0 Å². The minimum absolute atomic E-state index is 0.0193. The summed E-state index contributed by atoms with van der Waals surface area (Å²) in [6, 6.07) is 16.5. The molecule has 2 heterocycles. The molecule has 7 nitrogen and oxygen atoms in total. The van der Waals surface area contributed by atoms with E-state index in [0.29, 0.717) is 42.8 Å². The number of rotatable bonds is 5. The fraction of sp³-hybridized carbons (Fsp3) is 0.300. The highest BCUT2D eigenvalue weighted by atomic mass is 32.2. The van der Waals surface area contributed by atoms with Gasteiger partial charge in [-0.1, -0.05) is 42.5 Å². The number of aromatic nitrogens is 2. The molecule has 0 aliphatic carbocycles. The van der Waals surface area contributed by atoms with Crippen LogP contribution >= 0.6 is 0 Å². The third kappa shape index (κ3) is 4.07. The highest BCUT2D eigenvalue weighted by Crippen LogP contribution is 2.20. The summed E-state index contributed by atoms with van der Waals surface area (Å²) in [6.45, 7) is 0.898. The number of nitrogens with one attached hydrogen (secondary N) is 2. The van der Waals surface area contributed by atoms with E-state index in [1.54, 1.807) is 22.5 Å². The van der Waals surface area contributed by atoms with Crippen LogP contribution in [0.15, 0.2) is 59.4 Å². The van der Waals surface area contributed by atoms with Gasteiger partial charge in [-0.25, -0.2) is 17.7 Å². The predicted molar refractivity (Wildman–Crippen MR) is 110 cm³/mol. The number of sulfonamides is 1. The van der Waals surface area contributed by atoms with Gasteiger partial charge < -0.3 is 5.32 Å². The Morgan fingerprint density at radius 1 is 1.04 bits per heavy atom. The molecule has 0 spiro atoms. The lowest BCUT2D eigenvalue weighted by Crippen LogP contribution is -2.43. The van der Waals surface area contributed by atoms with E-state index in [2.05, 4.69) is 15.3 Å². The van der Waals surface area contributed by atoms with Crippen LogP contribution in [0.5, 0.6) is 0 Å². The molecule has 4 rings (SSSR count). The van der Waals surface area contributed by atoms with E-state index in [9.17, 15) is 13.2 Å². The predicted octanol–water partition coefficient (Wildman–Crippen LogP) is 2.33. The molecule has 0 atom stereocenters. The summed E-state index contributed by atoms with van der Waals surface area (Å²) in [5.41, 5.74) is 1.24. The molecule has 1 saturated heterocycles. The Morgan fingerprint density at radius 2 is 1.71 bits per heavy atom. The van der Waals surface area contributed by atoms with Crippen molar-refractivity contribution >= 4 is 26.9 Å². The molecule has 0 amide bonds. The second kappa shape index (κ2) is 7.73. The van der Waals surface area contributed by atoms with Crippen LogP contribution in [0, 0.1) is 0 Å². The second-order valence-electron chi connectivity index (χ2n) is 6.99. The molecule has 0 unspecified atom stereocenters. The average molecular weight is 398 g/mol. The number of fused-ring (bicyclic) bond motifs is 1. The number of piperidine rings is 1. The topological polar surface area (TPSA) is 95.2 Å². The van der Waals surface area contributed by atoms with Gasteiger partial charge in [0.2, 0.25) is 16.0 Å². The maximum Gasteiger partial charge on any atom is 0.260 e. The molecule has 0 radical (unpaired) electrons. The van der Waals surface area contributed by atoms with Crippen molar-refractivity contribution in [2.24, 2.45) is 0 Å². The first-order valence-corrected chi connectivity index (χ1v) is 10.9. The van der Waals surface area contributed by atoms with Gasteiger partial charge in [-0.15, -0.1) is 0 Å². The SMILES string of the molecule is O=c1[nH]c(NC2CCN(S(=O)(=O)Cc3ccccc3)CC2)nc2ccccc12. The minimum Gasteiger partial charge on any atom is -0.353 e. The number of para-hydroxylation sites is 1. The van der Waals surface area contributed by atoms with Gasteiger partial charge >= 0.3 is 0 Å². The molecular weight excluding hydrogens is 376 g/mol. The van der Waals surface area contributed by atoms with Gasteiger partial charge in [-0.3, -0.25) is 9.78 Å². The van der Waals surface area contributed by atoms with Crippen molar-refractivity contribution in [3.63, 3.8) is 0 Å². The van der Waals surface area contributed by atoms with Crippen molar-refractivity contribution in [3.8, 4) is 0 Å². The van der Waals surface area contributed by atoms with Gasteiger partial charge in [0.1, 0.15) is 0 Å². The normalized spacial score (nSPS) is 16.3. The Morgan fingerprint density at radius 3 is 2.46 bits per heavy atom. The Labute approximate surface area is 163 Å². The number of nitrogens with zero attached hydrogens (tertiary/aromatic N) is 2. The Bertz CT molecular complexity index is 1120. The number of anilines is 1. The lowest BCUT2D eigenvalue weighted by molar-refractivity contribution is 0.329. The van der Waals surface area contributed by atoms with Crippen LogP contribution in [0.25, 0.3) is 10.9 Å². The van der Waals surface area contributed by atoms with Gasteiger partial charge in [-0.2, -0.15) is 0 Å². The summed E-state index contributed by atoms with van der Waals surface area (Å²) in [5, 5.41) is 3.80. The summed E-state index contributed by atoms with van der Waals surface area (Å²) in [5.74, 6) is 0.445. The minimum atomic E-state index is -3.34. The maximum atomic E-state index is 12.7. The summed E-state index contributed by atoms with van der Waals surface area (Å²) >= 11 is 0. The number of aromatic amines is 1. The van der Waals surface area contributed by atoms with Gasteiger partial charge in [0.05, 0.1) is 16.7 Å². The second-order valence-corrected chi connectivity index (χ2v) is 8.96. The zero-order chi connectivity index (χ0) is 19.6. The van der Waals surface area contributed by atoms with E-state index in [1.807, 2.05) is 36.4 Å². The number of hydrogen-bond acceptors (Lipinski definition) is 5. The first-order chi connectivity index (χ1) is 13.5. The van der Waals surface area contributed by atoms with Crippen molar-refractivity contribution in [3.05, 3.63) is 70.5 Å². The zero-order valence-electron chi connectivity index (χ0n) is 15.3.